The maximum atomic E-state index is 11.7. The van der Waals surface area contributed by atoms with Gasteiger partial charge in [-0.25, -0.2) is 0 Å². The second-order valence-corrected chi connectivity index (χ2v) is 3.80. The summed E-state index contributed by atoms with van der Waals surface area (Å²) in [5.41, 5.74) is 5.56. The average molecular weight is 284 g/mol. The summed E-state index contributed by atoms with van der Waals surface area (Å²) in [4.78, 5) is 29.9. The Kier molecular flexibility index (Phi) is 5.66. The van der Waals surface area contributed by atoms with Crippen molar-refractivity contribution in [2.75, 3.05) is 19.5 Å². The number of hydrogen-bond donors (Lipinski definition) is 3. The lowest BCUT2D eigenvalue weighted by molar-refractivity contribution is -0.137. The van der Waals surface area contributed by atoms with Crippen LogP contribution in [0.1, 0.15) is 12.8 Å². The number of aromatic nitrogens is 2. The number of carboxylic acid groups (broad SMARTS) is 1. The fourth-order valence-corrected chi connectivity index (χ4v) is 1.28. The van der Waals surface area contributed by atoms with Gasteiger partial charge in [0.05, 0.1) is 26.3 Å². The van der Waals surface area contributed by atoms with Crippen LogP contribution in [0, 0.1) is 0 Å². The highest BCUT2D eigenvalue weighted by Crippen LogP contribution is 2.17. The molecule has 110 valence electrons. The van der Waals surface area contributed by atoms with Gasteiger partial charge in [-0.15, -0.1) is 0 Å². The molecule has 1 rings (SSSR count). The van der Waals surface area contributed by atoms with Crippen LogP contribution in [0.4, 0.5) is 5.95 Å². The molecule has 0 saturated carbocycles. The van der Waals surface area contributed by atoms with Gasteiger partial charge >= 0.3 is 5.97 Å². The van der Waals surface area contributed by atoms with Crippen molar-refractivity contribution in [2.45, 2.75) is 18.9 Å². The van der Waals surface area contributed by atoms with E-state index in [1.807, 2.05) is 0 Å². The third-order valence-corrected chi connectivity index (χ3v) is 2.34. The van der Waals surface area contributed by atoms with E-state index in [9.17, 15) is 9.59 Å². The Labute approximate surface area is 115 Å². The molecule has 0 bridgehead atoms. The van der Waals surface area contributed by atoms with Crippen LogP contribution >= 0.6 is 0 Å². The number of nitrogens with two attached hydrogens (primary N) is 1. The summed E-state index contributed by atoms with van der Waals surface area (Å²) in [6, 6.07) is 0.479. The lowest BCUT2D eigenvalue weighted by atomic mass is 10.1. The van der Waals surface area contributed by atoms with Gasteiger partial charge in [0, 0.05) is 6.42 Å². The molecule has 0 saturated heterocycles. The van der Waals surface area contributed by atoms with Crippen LogP contribution in [0.3, 0.4) is 0 Å². The molecule has 9 heteroatoms. The highest BCUT2D eigenvalue weighted by atomic mass is 16.5. The standard InChI is InChI=1S/C11H16N4O5/c1-19-7-5-8(20-2)14-11(13-7)15-10(18)6(12)3-4-9(16)17/h5-6H,3-4,12H2,1-2H3,(H,16,17)(H,13,14,15,18). The SMILES string of the molecule is COc1cc(OC)nc(NC(=O)C(N)CCC(=O)O)n1. The molecule has 0 radical (unpaired) electrons. The summed E-state index contributed by atoms with van der Waals surface area (Å²) < 4.78 is 9.85. The number of nitrogens with zero attached hydrogens (tertiary/aromatic N) is 2. The van der Waals surface area contributed by atoms with E-state index in [1.54, 1.807) is 0 Å². The normalized spacial score (nSPS) is 11.6. The van der Waals surface area contributed by atoms with Crippen molar-refractivity contribution in [3.8, 4) is 11.8 Å². The number of rotatable bonds is 7. The molecular formula is C11H16N4O5. The summed E-state index contributed by atoms with van der Waals surface area (Å²) in [6.45, 7) is 0. The molecule has 4 N–H and O–H groups in total. The number of carbonyl (C=O) groups is 2. The van der Waals surface area contributed by atoms with Gasteiger partial charge in [0.25, 0.3) is 0 Å². The highest BCUT2D eigenvalue weighted by Gasteiger charge is 2.17. The Balaban J connectivity index is 2.71. The Morgan fingerprint density at radius 3 is 2.35 bits per heavy atom. The number of nitrogens with one attached hydrogen (secondary N) is 1. The van der Waals surface area contributed by atoms with Crippen LogP contribution in [0.15, 0.2) is 6.07 Å². The third-order valence-electron chi connectivity index (χ3n) is 2.34. The summed E-state index contributed by atoms with van der Waals surface area (Å²) in [5.74, 6) is -1.21. The van der Waals surface area contributed by atoms with Crippen molar-refractivity contribution in [3.05, 3.63) is 6.07 Å². The number of carboxylic acids is 1. The minimum atomic E-state index is -1.02. The van der Waals surface area contributed by atoms with Gasteiger partial charge in [0.15, 0.2) is 0 Å². The van der Waals surface area contributed by atoms with Gasteiger partial charge in [-0.1, -0.05) is 0 Å². The molecule has 0 aliphatic carbocycles. The number of amides is 1. The van der Waals surface area contributed by atoms with Crippen LogP contribution in [0.2, 0.25) is 0 Å². The van der Waals surface area contributed by atoms with Crippen molar-refractivity contribution < 1.29 is 24.2 Å². The summed E-state index contributed by atoms with van der Waals surface area (Å²) in [6.07, 6.45) is -0.181. The first kappa shape index (κ1) is 15.6. The second kappa shape index (κ2) is 7.24. The molecule has 1 atom stereocenters. The zero-order chi connectivity index (χ0) is 15.1. The second-order valence-electron chi connectivity index (χ2n) is 3.80. The quantitative estimate of drug-likeness (QED) is 0.616. The van der Waals surface area contributed by atoms with E-state index in [2.05, 4.69) is 15.3 Å². The third kappa shape index (κ3) is 4.69. The molecule has 0 aliphatic heterocycles. The first-order chi connectivity index (χ1) is 9.46. The Morgan fingerprint density at radius 2 is 1.90 bits per heavy atom. The van der Waals surface area contributed by atoms with Crippen molar-refractivity contribution in [3.63, 3.8) is 0 Å². The predicted molar refractivity (Wildman–Crippen MR) is 68.6 cm³/mol. The average Bonchev–Trinajstić information content (AvgIpc) is 2.43. The largest absolute Gasteiger partial charge is 0.481 e. The lowest BCUT2D eigenvalue weighted by Crippen LogP contribution is -2.36. The van der Waals surface area contributed by atoms with Gasteiger partial charge in [0.2, 0.25) is 23.6 Å². The molecule has 1 unspecified atom stereocenters. The zero-order valence-corrected chi connectivity index (χ0v) is 11.1. The fraction of sp³-hybridized carbons (Fsp3) is 0.455. The first-order valence-corrected chi connectivity index (χ1v) is 5.71. The first-order valence-electron chi connectivity index (χ1n) is 5.71. The maximum absolute atomic E-state index is 11.7. The van der Waals surface area contributed by atoms with Gasteiger partial charge in [-0.3, -0.25) is 14.9 Å². The van der Waals surface area contributed by atoms with E-state index in [1.165, 1.54) is 20.3 Å². The molecule has 0 fully saturated rings. The smallest absolute Gasteiger partial charge is 0.303 e. The summed E-state index contributed by atoms with van der Waals surface area (Å²) in [5, 5.41) is 10.9. The van der Waals surface area contributed by atoms with E-state index < -0.39 is 17.9 Å². The molecule has 20 heavy (non-hydrogen) atoms. The zero-order valence-electron chi connectivity index (χ0n) is 11.1. The van der Waals surface area contributed by atoms with Crippen LogP contribution in [0.25, 0.3) is 0 Å². The molecule has 1 aromatic heterocycles. The van der Waals surface area contributed by atoms with Crippen LogP contribution < -0.4 is 20.5 Å². The minimum Gasteiger partial charge on any atom is -0.481 e. The number of ether oxygens (including phenoxy) is 2. The fourth-order valence-electron chi connectivity index (χ4n) is 1.28. The van der Waals surface area contributed by atoms with Gasteiger partial charge in [-0.2, -0.15) is 9.97 Å². The number of methoxy groups -OCH3 is 2. The Morgan fingerprint density at radius 1 is 1.35 bits per heavy atom. The van der Waals surface area contributed by atoms with Crippen LogP contribution in [-0.2, 0) is 9.59 Å². The number of aliphatic carboxylic acids is 1. The van der Waals surface area contributed by atoms with Gasteiger partial charge in [-0.05, 0) is 6.42 Å². The summed E-state index contributed by atoms with van der Waals surface area (Å²) in [7, 11) is 2.82. The molecule has 0 aliphatic rings. The van der Waals surface area contributed by atoms with Gasteiger partial charge in [0.1, 0.15) is 0 Å². The molecule has 1 amide bonds. The van der Waals surface area contributed by atoms with Crippen LogP contribution in [-0.4, -0.2) is 47.2 Å². The molecule has 0 spiro atoms. The minimum absolute atomic E-state index is 0.0161. The summed E-state index contributed by atoms with van der Waals surface area (Å²) >= 11 is 0. The molecule has 1 aromatic rings. The van der Waals surface area contributed by atoms with Crippen molar-refractivity contribution in [1.82, 2.24) is 9.97 Å². The lowest BCUT2D eigenvalue weighted by Gasteiger charge is -2.11. The maximum Gasteiger partial charge on any atom is 0.303 e. The van der Waals surface area contributed by atoms with Crippen LogP contribution in [0.5, 0.6) is 11.8 Å². The van der Waals surface area contributed by atoms with E-state index in [-0.39, 0.29) is 30.5 Å². The highest BCUT2D eigenvalue weighted by molar-refractivity contribution is 5.93. The number of hydrogen-bond acceptors (Lipinski definition) is 7. The monoisotopic (exact) mass is 284 g/mol. The topological polar surface area (TPSA) is 137 Å². The number of carbonyl (C=O) groups excluding carboxylic acids is 1. The van der Waals surface area contributed by atoms with Crippen molar-refractivity contribution >= 4 is 17.8 Å². The predicted octanol–water partition coefficient (Wildman–Crippen LogP) is -0.376. The van der Waals surface area contributed by atoms with E-state index in [0.29, 0.717) is 0 Å². The van der Waals surface area contributed by atoms with Crippen molar-refractivity contribution in [2.24, 2.45) is 5.73 Å². The van der Waals surface area contributed by atoms with Gasteiger partial charge < -0.3 is 20.3 Å². The molecule has 9 nitrogen and oxygen atoms in total. The van der Waals surface area contributed by atoms with E-state index in [4.69, 9.17) is 20.3 Å². The van der Waals surface area contributed by atoms with E-state index in [0.717, 1.165) is 0 Å². The van der Waals surface area contributed by atoms with E-state index >= 15 is 0 Å². The molecule has 1 heterocycles. The number of anilines is 1. The molecular weight excluding hydrogens is 268 g/mol. The Bertz CT molecular complexity index is 471. The molecule has 0 aromatic carbocycles. The van der Waals surface area contributed by atoms with Crippen molar-refractivity contribution in [1.29, 1.82) is 0 Å². The Hall–Kier alpha value is -2.42.